The molecule has 0 aliphatic carbocycles. The van der Waals surface area contributed by atoms with E-state index in [1.54, 1.807) is 30.5 Å². The van der Waals surface area contributed by atoms with Crippen molar-refractivity contribution in [3.63, 3.8) is 0 Å². The van der Waals surface area contributed by atoms with E-state index in [9.17, 15) is 4.79 Å². The van der Waals surface area contributed by atoms with Gasteiger partial charge in [-0.2, -0.15) is 5.10 Å². The van der Waals surface area contributed by atoms with Gasteiger partial charge in [-0.3, -0.25) is 4.79 Å². The maximum atomic E-state index is 11.9. The number of carbonyl (C=O) groups is 1. The van der Waals surface area contributed by atoms with Crippen LogP contribution in [-0.2, 0) is 0 Å². The van der Waals surface area contributed by atoms with Crippen LogP contribution in [0.5, 0.6) is 5.75 Å². The van der Waals surface area contributed by atoms with Crippen LogP contribution in [0.25, 0.3) is 0 Å². The molecule has 2 aromatic rings. The van der Waals surface area contributed by atoms with Gasteiger partial charge in [0.25, 0.3) is 5.91 Å². The molecule has 0 heterocycles. The number of rotatable bonds is 5. The lowest BCUT2D eigenvalue weighted by Gasteiger charge is -2.06. The number of hydrogen-bond donors (Lipinski definition) is 2. The first-order chi connectivity index (χ1) is 10.6. The maximum Gasteiger partial charge on any atom is 0.273 e. The maximum absolute atomic E-state index is 11.9. The van der Waals surface area contributed by atoms with E-state index in [-0.39, 0.29) is 5.91 Å². The second-order valence-corrected chi connectivity index (χ2v) is 5.26. The summed E-state index contributed by atoms with van der Waals surface area (Å²) in [6.07, 6.45) is 1.55. The quantitative estimate of drug-likeness (QED) is 0.487. The average Bonchev–Trinajstić information content (AvgIpc) is 2.50. The fourth-order valence-corrected chi connectivity index (χ4v) is 2.31. The molecule has 2 aromatic carbocycles. The Morgan fingerprint density at radius 2 is 2.14 bits per heavy atom. The molecule has 0 aromatic heterocycles. The molecule has 0 atom stereocenters. The number of halogens is 1. The van der Waals surface area contributed by atoms with Gasteiger partial charge in [-0.1, -0.05) is 12.1 Å². The van der Waals surface area contributed by atoms with Crippen LogP contribution in [0, 0.1) is 0 Å². The molecule has 0 unspecified atom stereocenters. The van der Waals surface area contributed by atoms with Gasteiger partial charge in [0, 0.05) is 5.69 Å². The van der Waals surface area contributed by atoms with Crippen molar-refractivity contribution in [3.05, 3.63) is 58.1 Å². The van der Waals surface area contributed by atoms with E-state index in [4.69, 9.17) is 10.5 Å². The number of amides is 1. The van der Waals surface area contributed by atoms with Gasteiger partial charge >= 0.3 is 0 Å². The molecule has 6 heteroatoms. The summed E-state index contributed by atoms with van der Waals surface area (Å²) in [6, 6.07) is 12.4. The highest BCUT2D eigenvalue weighted by molar-refractivity contribution is 9.10. The van der Waals surface area contributed by atoms with Crippen molar-refractivity contribution in [1.82, 2.24) is 5.43 Å². The predicted octanol–water partition coefficient (Wildman–Crippen LogP) is 3.19. The van der Waals surface area contributed by atoms with Crippen molar-refractivity contribution in [1.29, 1.82) is 0 Å². The topological polar surface area (TPSA) is 76.7 Å². The Kier molecular flexibility index (Phi) is 5.55. The molecule has 0 aliphatic heterocycles. The van der Waals surface area contributed by atoms with E-state index in [0.29, 0.717) is 17.9 Å². The third-order valence-electron chi connectivity index (χ3n) is 2.84. The van der Waals surface area contributed by atoms with Crippen molar-refractivity contribution in [3.8, 4) is 5.75 Å². The minimum absolute atomic E-state index is 0.348. The Morgan fingerprint density at radius 3 is 2.82 bits per heavy atom. The molecular formula is C16H16BrN3O2. The highest BCUT2D eigenvalue weighted by Crippen LogP contribution is 2.25. The van der Waals surface area contributed by atoms with Crippen molar-refractivity contribution >= 4 is 33.7 Å². The van der Waals surface area contributed by atoms with Crippen LogP contribution in [0.1, 0.15) is 22.8 Å². The van der Waals surface area contributed by atoms with Crippen molar-refractivity contribution < 1.29 is 9.53 Å². The zero-order valence-electron chi connectivity index (χ0n) is 12.0. The van der Waals surface area contributed by atoms with Gasteiger partial charge in [0.2, 0.25) is 0 Å². The van der Waals surface area contributed by atoms with Crippen LogP contribution in [0.3, 0.4) is 0 Å². The van der Waals surface area contributed by atoms with Gasteiger partial charge in [-0.15, -0.1) is 0 Å². The molecule has 0 bridgehead atoms. The summed E-state index contributed by atoms with van der Waals surface area (Å²) in [5.74, 6) is 0.417. The molecule has 2 rings (SSSR count). The van der Waals surface area contributed by atoms with E-state index < -0.39 is 0 Å². The van der Waals surface area contributed by atoms with E-state index in [2.05, 4.69) is 26.5 Å². The van der Waals surface area contributed by atoms with Crippen LogP contribution < -0.4 is 15.9 Å². The molecular weight excluding hydrogens is 346 g/mol. The van der Waals surface area contributed by atoms with Crippen LogP contribution in [0.4, 0.5) is 5.69 Å². The summed E-state index contributed by atoms with van der Waals surface area (Å²) in [5.41, 5.74) is 9.83. The number of nitrogens with one attached hydrogen (secondary N) is 1. The van der Waals surface area contributed by atoms with Gasteiger partial charge in [0.15, 0.2) is 0 Å². The second-order valence-electron chi connectivity index (χ2n) is 4.41. The first-order valence-corrected chi connectivity index (χ1v) is 7.51. The third-order valence-corrected chi connectivity index (χ3v) is 3.46. The highest BCUT2D eigenvalue weighted by Gasteiger charge is 2.07. The third kappa shape index (κ3) is 4.08. The summed E-state index contributed by atoms with van der Waals surface area (Å²) in [5, 5.41) is 3.93. The Balaban J connectivity index is 2.02. The molecule has 1 amide bonds. The van der Waals surface area contributed by atoms with E-state index in [1.165, 1.54) is 0 Å². The molecule has 5 nitrogen and oxygen atoms in total. The van der Waals surface area contributed by atoms with Crippen LogP contribution >= 0.6 is 15.9 Å². The van der Waals surface area contributed by atoms with E-state index >= 15 is 0 Å². The lowest BCUT2D eigenvalue weighted by molar-refractivity contribution is 0.0956. The van der Waals surface area contributed by atoms with Crippen LogP contribution in [-0.4, -0.2) is 18.7 Å². The Bertz CT molecular complexity index is 702. The average molecular weight is 362 g/mol. The zero-order valence-corrected chi connectivity index (χ0v) is 13.6. The number of nitrogen functional groups attached to an aromatic ring is 1. The van der Waals surface area contributed by atoms with Crippen molar-refractivity contribution in [2.75, 3.05) is 12.3 Å². The van der Waals surface area contributed by atoms with Crippen LogP contribution in [0.15, 0.2) is 52.0 Å². The summed E-state index contributed by atoms with van der Waals surface area (Å²) in [4.78, 5) is 11.9. The van der Waals surface area contributed by atoms with Gasteiger partial charge < -0.3 is 10.5 Å². The van der Waals surface area contributed by atoms with Crippen LogP contribution in [0.2, 0.25) is 0 Å². The first kappa shape index (κ1) is 16.0. The first-order valence-electron chi connectivity index (χ1n) is 6.72. The Labute approximate surface area is 137 Å². The Morgan fingerprint density at radius 1 is 1.36 bits per heavy atom. The summed E-state index contributed by atoms with van der Waals surface area (Å²) >= 11 is 3.42. The number of hydrazone groups is 1. The largest absolute Gasteiger partial charge is 0.493 e. The summed E-state index contributed by atoms with van der Waals surface area (Å²) < 4.78 is 6.26. The summed E-state index contributed by atoms with van der Waals surface area (Å²) in [7, 11) is 0. The molecule has 3 N–H and O–H groups in total. The smallest absolute Gasteiger partial charge is 0.273 e. The standard InChI is InChI=1S/C16H16BrN3O2/c1-2-22-15-8-7-11(9-13(15)17)10-19-20-16(21)12-5-3-4-6-14(12)18/h3-10H,2,18H2,1H3,(H,20,21)/b19-10-. The number of nitrogens with two attached hydrogens (primary N) is 1. The monoisotopic (exact) mass is 361 g/mol. The SMILES string of the molecule is CCOc1ccc(/C=N\NC(=O)c2ccccc2N)cc1Br. The number of hydrogen-bond acceptors (Lipinski definition) is 4. The van der Waals surface area contributed by atoms with Gasteiger partial charge in [-0.25, -0.2) is 5.43 Å². The molecule has 0 radical (unpaired) electrons. The minimum atomic E-state index is -0.348. The molecule has 22 heavy (non-hydrogen) atoms. The molecule has 0 saturated carbocycles. The lowest BCUT2D eigenvalue weighted by atomic mass is 10.2. The molecule has 0 fully saturated rings. The number of para-hydroxylation sites is 1. The summed E-state index contributed by atoms with van der Waals surface area (Å²) in [6.45, 7) is 2.52. The predicted molar refractivity (Wildman–Crippen MR) is 91.2 cm³/mol. The van der Waals surface area contributed by atoms with E-state index in [0.717, 1.165) is 15.8 Å². The number of anilines is 1. The number of benzene rings is 2. The molecule has 114 valence electrons. The lowest BCUT2D eigenvalue weighted by Crippen LogP contribution is -2.18. The minimum Gasteiger partial charge on any atom is -0.493 e. The Hall–Kier alpha value is -2.34. The molecule has 0 saturated heterocycles. The fraction of sp³-hybridized carbons (Fsp3) is 0.125. The van der Waals surface area contributed by atoms with Crippen molar-refractivity contribution in [2.45, 2.75) is 6.92 Å². The number of carbonyl (C=O) groups excluding carboxylic acids is 1. The van der Waals surface area contributed by atoms with Gasteiger partial charge in [0.05, 0.1) is 22.9 Å². The molecule has 0 aliphatic rings. The van der Waals surface area contributed by atoms with E-state index in [1.807, 2.05) is 25.1 Å². The number of ether oxygens (including phenoxy) is 1. The zero-order chi connectivity index (χ0) is 15.9. The van der Waals surface area contributed by atoms with Crippen molar-refractivity contribution in [2.24, 2.45) is 5.10 Å². The number of nitrogens with zero attached hydrogens (tertiary/aromatic N) is 1. The van der Waals surface area contributed by atoms with Gasteiger partial charge in [-0.05, 0) is 58.7 Å². The molecule has 0 spiro atoms. The van der Waals surface area contributed by atoms with Gasteiger partial charge in [0.1, 0.15) is 5.75 Å². The second kappa shape index (κ2) is 7.61. The highest BCUT2D eigenvalue weighted by atomic mass is 79.9. The fourth-order valence-electron chi connectivity index (χ4n) is 1.80. The normalized spacial score (nSPS) is 10.6.